The van der Waals surface area contributed by atoms with Crippen LogP contribution in [0.1, 0.15) is 32.4 Å². The van der Waals surface area contributed by atoms with E-state index in [1.807, 2.05) is 39.0 Å². The molecule has 0 bridgehead atoms. The number of rotatable bonds is 8. The molecule has 0 aliphatic carbocycles. The molecule has 0 aliphatic rings. The van der Waals surface area contributed by atoms with Crippen LogP contribution in [-0.2, 0) is 10.8 Å². The molecule has 1 aromatic carbocycles. The second kappa shape index (κ2) is 8.27. The van der Waals surface area contributed by atoms with Crippen molar-refractivity contribution in [2.24, 2.45) is 0 Å². The minimum atomic E-state index is -0.870. The standard InChI is InChI=1S/C15H25NO3S/c1-6-16-14(10-20(17)11(2)3)13-8-7-12(18-4)9-15(13)19-5/h7-9,11,14,16H,6,10H2,1-5H3. The quantitative estimate of drug-likeness (QED) is 0.801. The molecule has 0 heterocycles. The lowest BCUT2D eigenvalue weighted by Crippen LogP contribution is -2.28. The fraction of sp³-hybridized carbons (Fsp3) is 0.600. The highest BCUT2D eigenvalue weighted by molar-refractivity contribution is 7.85. The molecule has 20 heavy (non-hydrogen) atoms. The number of methoxy groups -OCH3 is 2. The highest BCUT2D eigenvalue weighted by Crippen LogP contribution is 2.30. The number of benzene rings is 1. The Labute approximate surface area is 124 Å². The number of nitrogens with one attached hydrogen (secondary N) is 1. The Morgan fingerprint density at radius 1 is 1.25 bits per heavy atom. The second-order valence-corrected chi connectivity index (χ2v) is 6.85. The molecule has 1 N–H and O–H groups in total. The van der Waals surface area contributed by atoms with Crippen molar-refractivity contribution in [3.05, 3.63) is 23.8 Å². The average Bonchev–Trinajstić information content (AvgIpc) is 2.45. The van der Waals surface area contributed by atoms with Crippen molar-refractivity contribution in [2.45, 2.75) is 32.1 Å². The summed E-state index contributed by atoms with van der Waals surface area (Å²) in [6, 6.07) is 5.75. The van der Waals surface area contributed by atoms with E-state index in [2.05, 4.69) is 5.32 Å². The number of ether oxygens (including phenoxy) is 2. The zero-order valence-electron chi connectivity index (χ0n) is 12.9. The van der Waals surface area contributed by atoms with E-state index in [1.54, 1.807) is 14.2 Å². The summed E-state index contributed by atoms with van der Waals surface area (Å²) in [6.07, 6.45) is 0. The fourth-order valence-corrected chi connectivity index (χ4v) is 2.98. The van der Waals surface area contributed by atoms with Crippen molar-refractivity contribution in [2.75, 3.05) is 26.5 Å². The molecule has 1 rings (SSSR count). The highest BCUT2D eigenvalue weighted by Gasteiger charge is 2.20. The van der Waals surface area contributed by atoms with Crippen LogP contribution in [0.2, 0.25) is 0 Å². The van der Waals surface area contributed by atoms with Crippen LogP contribution in [0.4, 0.5) is 0 Å². The summed E-state index contributed by atoms with van der Waals surface area (Å²) in [6.45, 7) is 6.81. The van der Waals surface area contributed by atoms with Crippen LogP contribution in [0.3, 0.4) is 0 Å². The molecule has 0 radical (unpaired) electrons. The molecule has 2 atom stereocenters. The van der Waals surface area contributed by atoms with Crippen molar-refractivity contribution >= 4 is 10.8 Å². The van der Waals surface area contributed by atoms with Gasteiger partial charge < -0.3 is 14.8 Å². The lowest BCUT2D eigenvalue weighted by atomic mass is 10.1. The first-order valence-electron chi connectivity index (χ1n) is 6.85. The predicted molar refractivity (Wildman–Crippen MR) is 84.1 cm³/mol. The van der Waals surface area contributed by atoms with Gasteiger partial charge in [0.2, 0.25) is 0 Å². The van der Waals surface area contributed by atoms with E-state index in [9.17, 15) is 4.21 Å². The predicted octanol–water partition coefficient (Wildman–Crippen LogP) is 2.51. The highest BCUT2D eigenvalue weighted by atomic mass is 32.2. The minimum absolute atomic E-state index is 0.0177. The van der Waals surface area contributed by atoms with E-state index in [-0.39, 0.29) is 11.3 Å². The number of hydrogen-bond donors (Lipinski definition) is 1. The Morgan fingerprint density at radius 3 is 2.45 bits per heavy atom. The van der Waals surface area contributed by atoms with Crippen molar-refractivity contribution < 1.29 is 13.7 Å². The van der Waals surface area contributed by atoms with Crippen LogP contribution < -0.4 is 14.8 Å². The zero-order chi connectivity index (χ0) is 15.1. The van der Waals surface area contributed by atoms with Crippen molar-refractivity contribution in [1.29, 1.82) is 0 Å². The summed E-state index contributed by atoms with van der Waals surface area (Å²) < 4.78 is 22.8. The van der Waals surface area contributed by atoms with E-state index < -0.39 is 10.8 Å². The third kappa shape index (κ3) is 4.49. The molecule has 0 aliphatic heterocycles. The summed E-state index contributed by atoms with van der Waals surface area (Å²) in [5.74, 6) is 2.09. The van der Waals surface area contributed by atoms with Crippen molar-refractivity contribution in [1.82, 2.24) is 5.32 Å². The maximum Gasteiger partial charge on any atom is 0.127 e. The molecule has 1 aromatic rings. The third-order valence-corrected chi connectivity index (χ3v) is 4.84. The normalized spacial score (nSPS) is 14.1. The van der Waals surface area contributed by atoms with Gasteiger partial charge in [0.15, 0.2) is 0 Å². The molecule has 0 aromatic heterocycles. The molecule has 0 fully saturated rings. The summed E-state index contributed by atoms with van der Waals surface area (Å²) in [7, 11) is 2.40. The maximum atomic E-state index is 12.1. The monoisotopic (exact) mass is 299 g/mol. The van der Waals surface area contributed by atoms with Crippen LogP contribution in [0.25, 0.3) is 0 Å². The summed E-state index contributed by atoms with van der Waals surface area (Å²) in [4.78, 5) is 0. The van der Waals surface area contributed by atoms with Crippen LogP contribution in [-0.4, -0.2) is 36.0 Å². The van der Waals surface area contributed by atoms with Crippen LogP contribution in [0, 0.1) is 0 Å². The first-order valence-corrected chi connectivity index (χ1v) is 8.24. The zero-order valence-corrected chi connectivity index (χ0v) is 13.8. The average molecular weight is 299 g/mol. The Balaban J connectivity index is 3.04. The first-order chi connectivity index (χ1) is 9.53. The first kappa shape index (κ1) is 17.0. The topological polar surface area (TPSA) is 47.6 Å². The SMILES string of the molecule is CCNC(CS(=O)C(C)C)c1ccc(OC)cc1OC. The van der Waals surface area contributed by atoms with Gasteiger partial charge in [0.25, 0.3) is 0 Å². The van der Waals surface area contributed by atoms with E-state index >= 15 is 0 Å². The summed E-state index contributed by atoms with van der Waals surface area (Å²) in [5.41, 5.74) is 1.02. The van der Waals surface area contributed by atoms with Crippen LogP contribution in [0.5, 0.6) is 11.5 Å². The Kier molecular flexibility index (Phi) is 7.02. The Bertz CT molecular complexity index is 449. The van der Waals surface area contributed by atoms with Crippen molar-refractivity contribution in [3.63, 3.8) is 0 Å². The molecule has 0 saturated heterocycles. The van der Waals surface area contributed by atoms with E-state index in [1.165, 1.54) is 0 Å². The summed E-state index contributed by atoms with van der Waals surface area (Å²) in [5, 5.41) is 3.54. The Morgan fingerprint density at radius 2 is 1.95 bits per heavy atom. The fourth-order valence-electron chi connectivity index (χ4n) is 1.97. The molecule has 0 amide bonds. The maximum absolute atomic E-state index is 12.1. The molecular formula is C15H25NO3S. The summed E-state index contributed by atoms with van der Waals surface area (Å²) >= 11 is 0. The molecule has 4 nitrogen and oxygen atoms in total. The minimum Gasteiger partial charge on any atom is -0.497 e. The molecule has 114 valence electrons. The Hall–Kier alpha value is -1.07. The smallest absolute Gasteiger partial charge is 0.127 e. The van der Waals surface area contributed by atoms with E-state index in [0.29, 0.717) is 5.75 Å². The molecule has 0 spiro atoms. The van der Waals surface area contributed by atoms with Gasteiger partial charge in [-0.15, -0.1) is 0 Å². The number of hydrogen-bond acceptors (Lipinski definition) is 4. The van der Waals surface area contributed by atoms with Gasteiger partial charge in [0.1, 0.15) is 11.5 Å². The van der Waals surface area contributed by atoms with Gasteiger partial charge in [-0.1, -0.05) is 26.8 Å². The van der Waals surface area contributed by atoms with Gasteiger partial charge in [-0.25, -0.2) is 0 Å². The van der Waals surface area contributed by atoms with Crippen LogP contribution >= 0.6 is 0 Å². The second-order valence-electron chi connectivity index (χ2n) is 4.81. The van der Waals surface area contributed by atoms with Gasteiger partial charge in [-0.05, 0) is 12.6 Å². The van der Waals surface area contributed by atoms with E-state index in [4.69, 9.17) is 9.47 Å². The van der Waals surface area contributed by atoms with Crippen LogP contribution in [0.15, 0.2) is 18.2 Å². The molecule has 0 saturated carbocycles. The third-order valence-electron chi connectivity index (χ3n) is 3.12. The molecule has 5 heteroatoms. The van der Waals surface area contributed by atoms with Gasteiger partial charge in [0.05, 0.1) is 14.2 Å². The van der Waals surface area contributed by atoms with Gasteiger partial charge >= 0.3 is 0 Å². The van der Waals surface area contributed by atoms with Gasteiger partial charge in [-0.3, -0.25) is 4.21 Å². The molecule has 2 unspecified atom stereocenters. The molecular weight excluding hydrogens is 274 g/mol. The van der Waals surface area contributed by atoms with E-state index in [0.717, 1.165) is 23.6 Å². The lowest BCUT2D eigenvalue weighted by molar-refractivity contribution is 0.386. The van der Waals surface area contributed by atoms with Crippen molar-refractivity contribution in [3.8, 4) is 11.5 Å². The van der Waals surface area contributed by atoms with Gasteiger partial charge in [-0.2, -0.15) is 0 Å². The van der Waals surface area contributed by atoms with Gasteiger partial charge in [0, 0.05) is 39.5 Å². The lowest BCUT2D eigenvalue weighted by Gasteiger charge is -2.21. The largest absolute Gasteiger partial charge is 0.497 e.